The highest BCUT2D eigenvalue weighted by Crippen LogP contribution is 2.26. The van der Waals surface area contributed by atoms with Crippen molar-refractivity contribution in [3.63, 3.8) is 0 Å². The van der Waals surface area contributed by atoms with Crippen molar-refractivity contribution in [1.29, 1.82) is 0 Å². The molecule has 0 aromatic rings. The minimum atomic E-state index is 0.731. The molecule has 0 radical (unpaired) electrons. The summed E-state index contributed by atoms with van der Waals surface area (Å²) in [7, 11) is 0. The maximum atomic E-state index is 5.23. The van der Waals surface area contributed by atoms with E-state index in [1.54, 1.807) is 0 Å². The van der Waals surface area contributed by atoms with E-state index in [4.69, 9.17) is 9.47 Å². The van der Waals surface area contributed by atoms with Crippen LogP contribution in [0.4, 0.5) is 0 Å². The van der Waals surface area contributed by atoms with E-state index in [1.807, 2.05) is 0 Å². The van der Waals surface area contributed by atoms with E-state index < -0.39 is 0 Å². The molecule has 0 spiro atoms. The first-order valence-electron chi connectivity index (χ1n) is 3.12. The van der Waals surface area contributed by atoms with Crippen molar-refractivity contribution in [1.82, 2.24) is 0 Å². The lowest BCUT2D eigenvalue weighted by Crippen LogP contribution is -2.07. The maximum absolute atomic E-state index is 5.23. The highest BCUT2D eigenvalue weighted by molar-refractivity contribution is 4.78. The van der Waals surface area contributed by atoms with Gasteiger partial charge in [-0.3, -0.25) is 0 Å². The second kappa shape index (κ2) is 1.71. The van der Waals surface area contributed by atoms with E-state index in [1.165, 1.54) is 0 Å². The van der Waals surface area contributed by atoms with Gasteiger partial charge >= 0.3 is 0 Å². The molecule has 0 N–H and O–H groups in total. The molecule has 2 heterocycles. The molecular formula is C6H10O2. The van der Waals surface area contributed by atoms with Crippen LogP contribution in [0.2, 0.25) is 0 Å². The first-order chi connectivity index (χ1) is 3.97. The highest BCUT2D eigenvalue weighted by Gasteiger charge is 2.33. The van der Waals surface area contributed by atoms with E-state index in [-0.39, 0.29) is 0 Å². The largest absolute Gasteiger partial charge is 0.381 e. The molecule has 8 heavy (non-hydrogen) atoms. The predicted molar refractivity (Wildman–Crippen MR) is 28.6 cm³/mol. The molecular weight excluding hydrogens is 104 g/mol. The van der Waals surface area contributed by atoms with Crippen molar-refractivity contribution < 1.29 is 9.47 Å². The second-order valence-electron chi connectivity index (χ2n) is 2.60. The lowest BCUT2D eigenvalue weighted by molar-refractivity contribution is 0.108. The van der Waals surface area contributed by atoms with Crippen LogP contribution in [0.3, 0.4) is 0 Å². The molecule has 0 bridgehead atoms. The van der Waals surface area contributed by atoms with Crippen LogP contribution < -0.4 is 0 Å². The standard InChI is InChI=1S/C6H10O2/c1-5-2-8-4-6(5)3-7-1/h5-6H,1-4H2/t5-,6-. The SMILES string of the molecule is C1OC[C@H]2COC[C@H]12. The van der Waals surface area contributed by atoms with Gasteiger partial charge in [0.1, 0.15) is 0 Å². The Balaban J connectivity index is 2.04. The third-order valence-electron chi connectivity index (χ3n) is 1.99. The van der Waals surface area contributed by atoms with Crippen LogP contribution in [-0.4, -0.2) is 26.4 Å². The molecule has 0 unspecified atom stereocenters. The molecule has 0 amide bonds. The molecule has 2 saturated heterocycles. The van der Waals surface area contributed by atoms with Crippen LogP contribution in [0.15, 0.2) is 0 Å². The monoisotopic (exact) mass is 114 g/mol. The normalized spacial score (nSPS) is 45.0. The fourth-order valence-corrected chi connectivity index (χ4v) is 1.38. The molecule has 2 fully saturated rings. The molecule has 0 aliphatic carbocycles. The summed E-state index contributed by atoms with van der Waals surface area (Å²) in [4.78, 5) is 0. The van der Waals surface area contributed by atoms with Gasteiger partial charge in [0.15, 0.2) is 0 Å². The van der Waals surface area contributed by atoms with Gasteiger partial charge in [-0.15, -0.1) is 0 Å². The van der Waals surface area contributed by atoms with Crippen LogP contribution in [0.1, 0.15) is 0 Å². The van der Waals surface area contributed by atoms with Gasteiger partial charge in [-0.1, -0.05) is 0 Å². The fraction of sp³-hybridized carbons (Fsp3) is 1.00. The molecule has 0 aromatic heterocycles. The summed E-state index contributed by atoms with van der Waals surface area (Å²) >= 11 is 0. The first-order valence-corrected chi connectivity index (χ1v) is 3.12. The molecule has 0 aromatic carbocycles. The Morgan fingerprint density at radius 3 is 1.50 bits per heavy atom. The molecule has 2 heteroatoms. The van der Waals surface area contributed by atoms with Crippen LogP contribution >= 0.6 is 0 Å². The van der Waals surface area contributed by atoms with Crippen LogP contribution in [0.5, 0.6) is 0 Å². The summed E-state index contributed by atoms with van der Waals surface area (Å²) in [6.07, 6.45) is 0. The Morgan fingerprint density at radius 1 is 0.750 bits per heavy atom. The first kappa shape index (κ1) is 4.77. The van der Waals surface area contributed by atoms with Gasteiger partial charge in [-0.2, -0.15) is 0 Å². The predicted octanol–water partition coefficient (Wildman–Crippen LogP) is 0.279. The number of fused-ring (bicyclic) bond motifs is 1. The van der Waals surface area contributed by atoms with E-state index in [0.29, 0.717) is 0 Å². The zero-order valence-electron chi connectivity index (χ0n) is 4.80. The van der Waals surface area contributed by atoms with Crippen molar-refractivity contribution >= 4 is 0 Å². The van der Waals surface area contributed by atoms with Crippen molar-refractivity contribution in [3.05, 3.63) is 0 Å². The molecule has 0 saturated carbocycles. The number of hydrogen-bond donors (Lipinski definition) is 0. The summed E-state index contributed by atoms with van der Waals surface area (Å²) in [5.41, 5.74) is 0. The van der Waals surface area contributed by atoms with Gasteiger partial charge in [0.25, 0.3) is 0 Å². The fourth-order valence-electron chi connectivity index (χ4n) is 1.38. The third-order valence-corrected chi connectivity index (χ3v) is 1.99. The Labute approximate surface area is 48.8 Å². The van der Waals surface area contributed by atoms with Gasteiger partial charge in [0.05, 0.1) is 26.4 Å². The molecule has 2 aliphatic heterocycles. The maximum Gasteiger partial charge on any atom is 0.0520 e. The van der Waals surface area contributed by atoms with Gasteiger partial charge in [-0.25, -0.2) is 0 Å². The highest BCUT2D eigenvalue weighted by atomic mass is 16.5. The summed E-state index contributed by atoms with van der Waals surface area (Å²) in [5.74, 6) is 1.46. The van der Waals surface area contributed by atoms with Crippen LogP contribution in [0.25, 0.3) is 0 Å². The van der Waals surface area contributed by atoms with Crippen LogP contribution in [-0.2, 0) is 9.47 Å². The van der Waals surface area contributed by atoms with E-state index in [0.717, 1.165) is 38.3 Å². The summed E-state index contributed by atoms with van der Waals surface area (Å²) < 4.78 is 10.5. The van der Waals surface area contributed by atoms with Crippen molar-refractivity contribution in [2.75, 3.05) is 26.4 Å². The number of hydrogen-bond acceptors (Lipinski definition) is 2. The molecule has 2 aliphatic rings. The van der Waals surface area contributed by atoms with Crippen LogP contribution in [0, 0.1) is 11.8 Å². The lowest BCUT2D eigenvalue weighted by Gasteiger charge is -1.97. The Hall–Kier alpha value is -0.0800. The average molecular weight is 114 g/mol. The van der Waals surface area contributed by atoms with Gasteiger partial charge in [0.2, 0.25) is 0 Å². The van der Waals surface area contributed by atoms with E-state index in [2.05, 4.69) is 0 Å². The average Bonchev–Trinajstić information content (AvgIpc) is 2.15. The summed E-state index contributed by atoms with van der Waals surface area (Å²) in [5, 5.41) is 0. The van der Waals surface area contributed by atoms with E-state index in [9.17, 15) is 0 Å². The zero-order chi connectivity index (χ0) is 5.40. The minimum absolute atomic E-state index is 0.731. The molecule has 46 valence electrons. The minimum Gasteiger partial charge on any atom is -0.381 e. The Morgan fingerprint density at radius 2 is 1.12 bits per heavy atom. The zero-order valence-corrected chi connectivity index (χ0v) is 4.80. The van der Waals surface area contributed by atoms with Gasteiger partial charge in [0, 0.05) is 11.8 Å². The van der Waals surface area contributed by atoms with E-state index >= 15 is 0 Å². The molecule has 2 nitrogen and oxygen atoms in total. The van der Waals surface area contributed by atoms with Gasteiger partial charge in [-0.05, 0) is 0 Å². The van der Waals surface area contributed by atoms with Crippen molar-refractivity contribution in [2.24, 2.45) is 11.8 Å². The van der Waals surface area contributed by atoms with Crippen molar-refractivity contribution in [3.8, 4) is 0 Å². The third kappa shape index (κ3) is 0.565. The molecule has 2 rings (SSSR count). The Kier molecular flexibility index (Phi) is 1.02. The Bertz CT molecular complexity index is 72.5. The summed E-state index contributed by atoms with van der Waals surface area (Å²) in [6.45, 7) is 3.74. The smallest absolute Gasteiger partial charge is 0.0520 e. The lowest BCUT2D eigenvalue weighted by atomic mass is 10.0. The van der Waals surface area contributed by atoms with Gasteiger partial charge < -0.3 is 9.47 Å². The number of ether oxygens (including phenoxy) is 2. The summed E-state index contributed by atoms with van der Waals surface area (Å²) in [6, 6.07) is 0. The second-order valence-corrected chi connectivity index (χ2v) is 2.60. The topological polar surface area (TPSA) is 18.5 Å². The quantitative estimate of drug-likeness (QED) is 0.450. The molecule has 0 atom stereocenters. The number of rotatable bonds is 0. The van der Waals surface area contributed by atoms with Crippen molar-refractivity contribution in [2.45, 2.75) is 0 Å².